The molecule has 0 rings (SSSR count). The summed E-state index contributed by atoms with van der Waals surface area (Å²) in [5.74, 6) is 0.249. The van der Waals surface area contributed by atoms with Crippen LogP contribution in [0.4, 0.5) is 0 Å². The van der Waals surface area contributed by atoms with Gasteiger partial charge in [0.25, 0.3) is 0 Å². The Kier molecular flexibility index (Phi) is 5.84. The Labute approximate surface area is 68.3 Å². The van der Waals surface area contributed by atoms with E-state index in [1.165, 1.54) is 0 Å². The lowest BCUT2D eigenvalue weighted by Crippen LogP contribution is -2.29. The maximum Gasteiger partial charge on any atom is 0.222 e. The molecule has 0 heterocycles. The molecule has 66 valence electrons. The van der Waals surface area contributed by atoms with Crippen molar-refractivity contribution in [1.29, 1.82) is 0 Å². The Morgan fingerprint density at radius 3 is 2.73 bits per heavy atom. The number of hydrogen-bond donors (Lipinski definition) is 2. The third-order valence-corrected chi connectivity index (χ3v) is 1.64. The van der Waals surface area contributed by atoms with Crippen molar-refractivity contribution in [2.45, 2.75) is 26.7 Å². The van der Waals surface area contributed by atoms with Gasteiger partial charge in [0.15, 0.2) is 0 Å². The zero-order valence-electron chi connectivity index (χ0n) is 7.39. The molecule has 0 saturated heterocycles. The summed E-state index contributed by atoms with van der Waals surface area (Å²) in [6.45, 7) is 5.24. The second-order valence-corrected chi connectivity index (χ2v) is 2.73. The first-order chi connectivity index (χ1) is 5.22. The van der Waals surface area contributed by atoms with Gasteiger partial charge in [0.05, 0.1) is 0 Å². The molecule has 0 bridgehead atoms. The molecule has 0 aliphatic heterocycles. The predicted molar refractivity (Wildman–Crippen MR) is 46.1 cm³/mol. The first-order valence-corrected chi connectivity index (χ1v) is 4.20. The molecule has 0 unspecified atom stereocenters. The second kappa shape index (κ2) is 6.16. The van der Waals surface area contributed by atoms with E-state index in [0.29, 0.717) is 13.1 Å². The highest BCUT2D eigenvalue weighted by Crippen LogP contribution is 2.03. The SMILES string of the molecule is CCNC(=O)[C@@H](C)CCCN. The lowest BCUT2D eigenvalue weighted by Gasteiger charge is -2.09. The topological polar surface area (TPSA) is 55.1 Å². The van der Waals surface area contributed by atoms with Crippen LogP contribution in [-0.4, -0.2) is 19.0 Å². The van der Waals surface area contributed by atoms with E-state index < -0.39 is 0 Å². The van der Waals surface area contributed by atoms with Crippen molar-refractivity contribution < 1.29 is 4.79 Å². The maximum absolute atomic E-state index is 11.1. The van der Waals surface area contributed by atoms with E-state index in [1.54, 1.807) is 0 Å². The Balaban J connectivity index is 3.46. The van der Waals surface area contributed by atoms with E-state index in [-0.39, 0.29) is 11.8 Å². The number of rotatable bonds is 5. The summed E-state index contributed by atoms with van der Waals surface area (Å²) < 4.78 is 0. The Morgan fingerprint density at radius 2 is 2.27 bits per heavy atom. The molecular weight excluding hydrogens is 140 g/mol. The molecule has 1 atom stereocenters. The average Bonchev–Trinajstić information content (AvgIpc) is 2.00. The average molecular weight is 158 g/mol. The number of nitrogens with one attached hydrogen (secondary N) is 1. The van der Waals surface area contributed by atoms with Crippen molar-refractivity contribution in [3.8, 4) is 0 Å². The van der Waals surface area contributed by atoms with E-state index in [4.69, 9.17) is 5.73 Å². The molecule has 0 spiro atoms. The van der Waals surface area contributed by atoms with Crippen LogP contribution in [0.3, 0.4) is 0 Å². The van der Waals surface area contributed by atoms with Gasteiger partial charge in [0.1, 0.15) is 0 Å². The lowest BCUT2D eigenvalue weighted by molar-refractivity contribution is -0.124. The molecule has 1 amide bonds. The molecule has 0 aliphatic carbocycles. The third kappa shape index (κ3) is 4.79. The molecule has 0 fully saturated rings. The molecule has 3 heteroatoms. The van der Waals surface area contributed by atoms with Gasteiger partial charge in [0.2, 0.25) is 5.91 Å². The van der Waals surface area contributed by atoms with Gasteiger partial charge in [-0.3, -0.25) is 4.79 Å². The quantitative estimate of drug-likeness (QED) is 0.612. The van der Waals surface area contributed by atoms with Gasteiger partial charge in [-0.05, 0) is 26.3 Å². The molecule has 3 nitrogen and oxygen atoms in total. The zero-order valence-corrected chi connectivity index (χ0v) is 7.39. The first kappa shape index (κ1) is 10.4. The van der Waals surface area contributed by atoms with E-state index in [0.717, 1.165) is 12.8 Å². The predicted octanol–water partition coefficient (Wildman–Crippen LogP) is 0.497. The smallest absolute Gasteiger partial charge is 0.222 e. The van der Waals surface area contributed by atoms with Crippen molar-refractivity contribution in [1.82, 2.24) is 5.32 Å². The van der Waals surface area contributed by atoms with Crippen LogP contribution in [0.25, 0.3) is 0 Å². The summed E-state index contributed by atoms with van der Waals surface area (Å²) in [7, 11) is 0. The standard InChI is InChI=1S/C8H18N2O/c1-3-10-8(11)7(2)5-4-6-9/h7H,3-6,9H2,1-2H3,(H,10,11)/t7-/m0/s1. The second-order valence-electron chi connectivity index (χ2n) is 2.73. The third-order valence-electron chi connectivity index (χ3n) is 1.64. The van der Waals surface area contributed by atoms with Crippen LogP contribution in [0, 0.1) is 5.92 Å². The number of hydrogen-bond acceptors (Lipinski definition) is 2. The molecule has 0 aliphatic rings. The minimum absolute atomic E-state index is 0.110. The van der Waals surface area contributed by atoms with Crippen LogP contribution in [0.2, 0.25) is 0 Å². The number of nitrogens with two attached hydrogens (primary N) is 1. The van der Waals surface area contributed by atoms with E-state index >= 15 is 0 Å². The van der Waals surface area contributed by atoms with Crippen molar-refractivity contribution >= 4 is 5.91 Å². The minimum Gasteiger partial charge on any atom is -0.356 e. The molecule has 0 radical (unpaired) electrons. The number of carbonyl (C=O) groups excluding carboxylic acids is 1. The van der Waals surface area contributed by atoms with Crippen LogP contribution < -0.4 is 11.1 Å². The molecule has 0 aromatic rings. The van der Waals surface area contributed by atoms with Gasteiger partial charge < -0.3 is 11.1 Å². The lowest BCUT2D eigenvalue weighted by atomic mass is 10.1. The van der Waals surface area contributed by atoms with Gasteiger partial charge in [-0.25, -0.2) is 0 Å². The van der Waals surface area contributed by atoms with Gasteiger partial charge in [-0.1, -0.05) is 6.92 Å². The molecule has 0 aromatic heterocycles. The summed E-state index contributed by atoms with van der Waals surface area (Å²) in [5.41, 5.74) is 5.32. The molecule has 11 heavy (non-hydrogen) atoms. The summed E-state index contributed by atoms with van der Waals surface area (Å²) in [6.07, 6.45) is 1.82. The minimum atomic E-state index is 0.110. The fraction of sp³-hybridized carbons (Fsp3) is 0.875. The van der Waals surface area contributed by atoms with Gasteiger partial charge >= 0.3 is 0 Å². The first-order valence-electron chi connectivity index (χ1n) is 4.20. The number of carbonyl (C=O) groups is 1. The van der Waals surface area contributed by atoms with Crippen LogP contribution in [-0.2, 0) is 4.79 Å². The van der Waals surface area contributed by atoms with Crippen LogP contribution in [0.5, 0.6) is 0 Å². The maximum atomic E-state index is 11.1. The van der Waals surface area contributed by atoms with E-state index in [2.05, 4.69) is 5.32 Å². The van der Waals surface area contributed by atoms with Gasteiger partial charge in [-0.2, -0.15) is 0 Å². The van der Waals surface area contributed by atoms with Crippen LogP contribution >= 0.6 is 0 Å². The Morgan fingerprint density at radius 1 is 1.64 bits per heavy atom. The summed E-state index contributed by atoms with van der Waals surface area (Å²) >= 11 is 0. The Hall–Kier alpha value is -0.570. The van der Waals surface area contributed by atoms with Gasteiger partial charge in [-0.15, -0.1) is 0 Å². The molecule has 3 N–H and O–H groups in total. The van der Waals surface area contributed by atoms with Gasteiger partial charge in [0, 0.05) is 12.5 Å². The van der Waals surface area contributed by atoms with Crippen molar-refractivity contribution in [3.63, 3.8) is 0 Å². The van der Waals surface area contributed by atoms with Crippen molar-refractivity contribution in [2.75, 3.05) is 13.1 Å². The van der Waals surface area contributed by atoms with Crippen molar-refractivity contribution in [2.24, 2.45) is 11.7 Å². The fourth-order valence-electron chi connectivity index (χ4n) is 0.904. The highest BCUT2D eigenvalue weighted by molar-refractivity contribution is 5.78. The fourth-order valence-corrected chi connectivity index (χ4v) is 0.904. The highest BCUT2D eigenvalue weighted by atomic mass is 16.1. The highest BCUT2D eigenvalue weighted by Gasteiger charge is 2.09. The number of amides is 1. The summed E-state index contributed by atoms with van der Waals surface area (Å²) in [4.78, 5) is 11.1. The molecular formula is C8H18N2O. The molecule has 0 aromatic carbocycles. The normalized spacial score (nSPS) is 12.6. The van der Waals surface area contributed by atoms with Crippen LogP contribution in [0.1, 0.15) is 26.7 Å². The largest absolute Gasteiger partial charge is 0.356 e. The molecule has 0 saturated carbocycles. The van der Waals surface area contributed by atoms with Crippen LogP contribution in [0.15, 0.2) is 0 Å². The summed E-state index contributed by atoms with van der Waals surface area (Å²) in [6, 6.07) is 0. The van der Waals surface area contributed by atoms with E-state index in [9.17, 15) is 4.79 Å². The Bertz CT molecular complexity index is 115. The monoisotopic (exact) mass is 158 g/mol. The van der Waals surface area contributed by atoms with E-state index in [1.807, 2.05) is 13.8 Å². The zero-order chi connectivity index (χ0) is 8.69. The van der Waals surface area contributed by atoms with Crippen molar-refractivity contribution in [3.05, 3.63) is 0 Å². The summed E-state index contributed by atoms with van der Waals surface area (Å²) in [5, 5.41) is 2.77.